The lowest BCUT2D eigenvalue weighted by Crippen LogP contribution is -2.48. The van der Waals surface area contributed by atoms with Gasteiger partial charge in [0.15, 0.2) is 0 Å². The van der Waals surface area contributed by atoms with Crippen molar-refractivity contribution in [2.24, 2.45) is 5.10 Å². The molecule has 2 atom stereocenters. The second-order valence-corrected chi connectivity index (χ2v) is 7.40. The van der Waals surface area contributed by atoms with Crippen molar-refractivity contribution in [2.75, 3.05) is 0 Å². The van der Waals surface area contributed by atoms with E-state index in [0.29, 0.717) is 0 Å². The highest BCUT2D eigenvalue weighted by Crippen LogP contribution is 2.50. The van der Waals surface area contributed by atoms with Crippen molar-refractivity contribution in [1.82, 2.24) is 5.01 Å². The molecule has 0 aromatic heterocycles. The first-order chi connectivity index (χ1) is 14.1. The van der Waals surface area contributed by atoms with Crippen molar-refractivity contribution in [2.45, 2.75) is 25.1 Å². The fraction of sp³-hybridized carbons (Fsp3) is 0.174. The minimum atomic E-state index is -0.870. The van der Waals surface area contributed by atoms with E-state index in [1.54, 1.807) is 12.1 Å². The van der Waals surface area contributed by atoms with Crippen LogP contribution in [0.1, 0.15) is 36.1 Å². The number of nitro groups is 1. The summed E-state index contributed by atoms with van der Waals surface area (Å²) in [6.45, 7) is 1.97. The molecule has 0 saturated carbocycles. The summed E-state index contributed by atoms with van der Waals surface area (Å²) in [7, 11) is 0. The van der Waals surface area contributed by atoms with Crippen LogP contribution in [0.15, 0.2) is 84.0 Å². The third-order valence-electron chi connectivity index (χ3n) is 5.66. The zero-order valence-corrected chi connectivity index (χ0v) is 15.9. The number of para-hydroxylation sites is 1. The van der Waals surface area contributed by atoms with Crippen LogP contribution >= 0.6 is 0 Å². The minimum Gasteiger partial charge on any atom is -0.462 e. The van der Waals surface area contributed by atoms with Gasteiger partial charge in [-0.1, -0.05) is 48.5 Å². The van der Waals surface area contributed by atoms with Crippen molar-refractivity contribution >= 4 is 11.4 Å². The fourth-order valence-electron chi connectivity index (χ4n) is 4.14. The largest absolute Gasteiger partial charge is 0.462 e. The Hall–Kier alpha value is -3.67. The summed E-state index contributed by atoms with van der Waals surface area (Å²) in [5, 5.41) is 18.0. The second kappa shape index (κ2) is 6.44. The number of ether oxygens (including phenoxy) is 1. The van der Waals surface area contributed by atoms with Crippen LogP contribution in [-0.2, 0) is 5.72 Å². The van der Waals surface area contributed by atoms with Crippen molar-refractivity contribution in [3.05, 3.63) is 106 Å². The maximum atomic E-state index is 11.1. The summed E-state index contributed by atoms with van der Waals surface area (Å²) in [4.78, 5) is 10.7. The van der Waals surface area contributed by atoms with Gasteiger partial charge in [-0.3, -0.25) is 10.1 Å². The van der Waals surface area contributed by atoms with Crippen LogP contribution in [-0.4, -0.2) is 15.6 Å². The average Bonchev–Trinajstić information content (AvgIpc) is 3.21. The van der Waals surface area contributed by atoms with Gasteiger partial charge in [-0.05, 0) is 23.8 Å². The second-order valence-electron chi connectivity index (χ2n) is 7.40. The first-order valence-electron chi connectivity index (χ1n) is 9.51. The molecular weight excluding hydrogens is 366 g/mol. The Kier molecular flexibility index (Phi) is 3.87. The molecular formula is C23H19N3O3. The lowest BCUT2D eigenvalue weighted by Gasteiger charge is -2.45. The van der Waals surface area contributed by atoms with Gasteiger partial charge in [-0.2, -0.15) is 5.10 Å². The molecule has 0 saturated heterocycles. The monoisotopic (exact) mass is 385 g/mol. The number of non-ortho nitro benzene ring substituents is 1. The van der Waals surface area contributed by atoms with E-state index in [9.17, 15) is 10.1 Å². The molecule has 0 amide bonds. The summed E-state index contributed by atoms with van der Waals surface area (Å²) in [5.41, 5.74) is 3.20. The maximum Gasteiger partial charge on any atom is 0.269 e. The normalized spacial score (nSPS) is 22.3. The number of nitro benzene ring substituents is 1. The van der Waals surface area contributed by atoms with Gasteiger partial charge in [0.05, 0.1) is 16.7 Å². The average molecular weight is 385 g/mol. The zero-order valence-electron chi connectivity index (χ0n) is 15.9. The van der Waals surface area contributed by atoms with Crippen molar-refractivity contribution < 1.29 is 9.66 Å². The lowest BCUT2D eigenvalue weighted by atomic mass is 9.92. The van der Waals surface area contributed by atoms with Crippen LogP contribution in [0.3, 0.4) is 0 Å². The lowest BCUT2D eigenvalue weighted by molar-refractivity contribution is -0.384. The summed E-state index contributed by atoms with van der Waals surface area (Å²) in [5.74, 6) is 0.819. The van der Waals surface area contributed by atoms with Gasteiger partial charge in [0.25, 0.3) is 5.69 Å². The molecule has 6 nitrogen and oxygen atoms in total. The molecule has 2 aliphatic heterocycles. The number of hydrogen-bond donors (Lipinski definition) is 0. The first kappa shape index (κ1) is 17.4. The summed E-state index contributed by atoms with van der Waals surface area (Å²) in [6, 6.07) is 24.7. The van der Waals surface area contributed by atoms with E-state index in [1.165, 1.54) is 12.1 Å². The highest BCUT2D eigenvalue weighted by atomic mass is 16.6. The van der Waals surface area contributed by atoms with Gasteiger partial charge < -0.3 is 4.74 Å². The molecule has 0 unspecified atom stereocenters. The van der Waals surface area contributed by atoms with Gasteiger partial charge in [-0.15, -0.1) is 0 Å². The Morgan fingerprint density at radius 3 is 2.45 bits per heavy atom. The predicted molar refractivity (Wildman–Crippen MR) is 110 cm³/mol. The number of benzene rings is 3. The molecule has 2 heterocycles. The number of nitrogens with zero attached hydrogens (tertiary/aromatic N) is 3. The van der Waals surface area contributed by atoms with E-state index in [1.807, 2.05) is 48.3 Å². The third-order valence-corrected chi connectivity index (χ3v) is 5.66. The number of fused-ring (bicyclic) bond motifs is 3. The SMILES string of the molecule is C[C@@]1(c2ccc([N+](=O)[O-])cc2)Oc2ccccc2[C@H]2CC(c3ccccc3)=NN21. The van der Waals surface area contributed by atoms with E-state index >= 15 is 0 Å². The van der Waals surface area contributed by atoms with E-state index < -0.39 is 10.6 Å². The van der Waals surface area contributed by atoms with Crippen LogP contribution < -0.4 is 4.74 Å². The van der Waals surface area contributed by atoms with Crippen LogP contribution in [0.4, 0.5) is 5.69 Å². The van der Waals surface area contributed by atoms with Gasteiger partial charge >= 0.3 is 0 Å². The first-order valence-corrected chi connectivity index (χ1v) is 9.51. The van der Waals surface area contributed by atoms with Crippen LogP contribution in [0.25, 0.3) is 0 Å². The number of hydrogen-bond acceptors (Lipinski definition) is 5. The number of rotatable bonds is 3. The predicted octanol–water partition coefficient (Wildman–Crippen LogP) is 5.01. The van der Waals surface area contributed by atoms with Crippen LogP contribution in [0.5, 0.6) is 5.75 Å². The van der Waals surface area contributed by atoms with Gasteiger partial charge in [0.1, 0.15) is 5.75 Å². The summed E-state index contributed by atoms with van der Waals surface area (Å²) < 4.78 is 6.45. The van der Waals surface area contributed by atoms with Crippen LogP contribution in [0.2, 0.25) is 0 Å². The minimum absolute atomic E-state index is 0.0374. The Balaban J connectivity index is 1.63. The molecule has 0 fully saturated rings. The van der Waals surface area contributed by atoms with Crippen molar-refractivity contribution in [3.63, 3.8) is 0 Å². The van der Waals surface area contributed by atoms with Crippen LogP contribution in [0, 0.1) is 10.1 Å². The molecule has 2 aliphatic rings. The van der Waals surface area contributed by atoms with E-state index in [0.717, 1.165) is 34.6 Å². The smallest absolute Gasteiger partial charge is 0.269 e. The maximum absolute atomic E-state index is 11.1. The Labute approximate surface area is 168 Å². The molecule has 0 spiro atoms. The van der Waals surface area contributed by atoms with E-state index in [4.69, 9.17) is 9.84 Å². The summed E-state index contributed by atoms with van der Waals surface area (Å²) >= 11 is 0. The topological polar surface area (TPSA) is 68.0 Å². The molecule has 0 radical (unpaired) electrons. The standard InChI is InChI=1S/C23H19N3O3/c1-23(17-11-13-18(14-12-17)26(27)28)25-21(19-9-5-6-10-22(19)29-23)15-20(24-25)16-7-3-2-4-8-16/h2-14,21H,15H2,1H3/t21-,23+/m1/s1. The molecule has 5 rings (SSSR count). The molecule has 0 N–H and O–H groups in total. The highest BCUT2D eigenvalue weighted by Gasteiger charge is 2.48. The van der Waals surface area contributed by atoms with Gasteiger partial charge in [0.2, 0.25) is 5.72 Å². The Bertz CT molecular complexity index is 1110. The molecule has 144 valence electrons. The van der Waals surface area contributed by atoms with E-state index in [-0.39, 0.29) is 11.7 Å². The Morgan fingerprint density at radius 1 is 1.03 bits per heavy atom. The van der Waals surface area contributed by atoms with Crippen molar-refractivity contribution in [3.8, 4) is 5.75 Å². The third kappa shape index (κ3) is 2.76. The fourth-order valence-corrected chi connectivity index (χ4v) is 4.14. The molecule has 3 aromatic rings. The van der Waals surface area contributed by atoms with Crippen molar-refractivity contribution in [1.29, 1.82) is 0 Å². The van der Waals surface area contributed by atoms with Gasteiger partial charge in [0, 0.05) is 36.6 Å². The number of hydrazone groups is 1. The molecule has 0 aliphatic carbocycles. The van der Waals surface area contributed by atoms with E-state index in [2.05, 4.69) is 18.2 Å². The summed E-state index contributed by atoms with van der Waals surface area (Å²) in [6.07, 6.45) is 0.771. The quantitative estimate of drug-likeness (QED) is 0.469. The highest BCUT2D eigenvalue weighted by molar-refractivity contribution is 6.01. The van der Waals surface area contributed by atoms with Gasteiger partial charge in [-0.25, -0.2) is 5.01 Å². The molecule has 6 heteroatoms. The molecule has 29 heavy (non-hydrogen) atoms. The Morgan fingerprint density at radius 2 is 1.72 bits per heavy atom. The zero-order chi connectivity index (χ0) is 20.0. The molecule has 0 bridgehead atoms. The molecule has 3 aromatic carbocycles.